The van der Waals surface area contributed by atoms with Crippen LogP contribution < -0.4 is 155 Å². The molecule has 0 aliphatic rings. The molecule has 0 saturated carbocycles. The van der Waals surface area contributed by atoms with Gasteiger partial charge >= 0.3 is 140 Å². The van der Waals surface area contributed by atoms with Crippen molar-refractivity contribution < 1.29 is 191 Å². The molecule has 98 valence electrons. The summed E-state index contributed by atoms with van der Waals surface area (Å²) in [5.74, 6) is -5.98. The average Bonchev–Trinajstić information content (AvgIpc) is 1.82. The minimum Gasteiger partial charge on any atom is -0.870 e. The van der Waals surface area contributed by atoms with Crippen molar-refractivity contribution in [3.63, 3.8) is 0 Å². The van der Waals surface area contributed by atoms with Crippen molar-refractivity contribution in [2.24, 2.45) is 0 Å². The van der Waals surface area contributed by atoms with Gasteiger partial charge < -0.3 is 51.2 Å². The molecular weight excluding hydrogens is 340 g/mol. The maximum absolute atomic E-state index is 10.1. The molecule has 0 aromatic heterocycles. The molecule has 0 aliphatic heterocycles. The molecule has 0 spiro atoms. The largest absolute Gasteiger partial charge is 1.00 e. The molecule has 0 heterocycles. The Morgan fingerprint density at radius 1 is 0.850 bits per heavy atom. The summed E-state index contributed by atoms with van der Waals surface area (Å²) >= 11 is 0. The Kier molecular flexibility index (Phi) is 59.7. The van der Waals surface area contributed by atoms with Gasteiger partial charge in [0.1, 0.15) is 5.60 Å². The van der Waals surface area contributed by atoms with E-state index in [0.29, 0.717) is 0 Å². The molecule has 0 bridgehead atoms. The fourth-order valence-corrected chi connectivity index (χ4v) is 0.684. The van der Waals surface area contributed by atoms with Gasteiger partial charge in [-0.1, -0.05) is 0 Å². The van der Waals surface area contributed by atoms with Crippen molar-refractivity contribution in [3.8, 4) is 0 Å². The first kappa shape index (κ1) is 49.5. The fraction of sp³-hybridized carbons (Fsp3) is 0.500. The zero-order valence-electron chi connectivity index (χ0n) is 11.8. The van der Waals surface area contributed by atoms with E-state index in [-0.39, 0.29) is 156 Å². The third-order valence-electron chi connectivity index (χ3n) is 1.25. The minimum absolute atomic E-state index is 0. The van der Waals surface area contributed by atoms with Crippen LogP contribution in [-0.4, -0.2) is 45.0 Å². The molecule has 0 atom stereocenters. The van der Waals surface area contributed by atoms with Gasteiger partial charge in [0.25, 0.3) is 0 Å². The van der Waals surface area contributed by atoms with Gasteiger partial charge in [-0.2, -0.15) is 0 Å². The first-order valence-electron chi connectivity index (χ1n) is 3.11. The summed E-state index contributed by atoms with van der Waals surface area (Å²) in [5, 5.41) is 38.9. The molecule has 6 N–H and O–H groups in total. The van der Waals surface area contributed by atoms with Gasteiger partial charge in [0.2, 0.25) is 0 Å². The van der Waals surface area contributed by atoms with Crippen molar-refractivity contribution in [3.05, 3.63) is 0 Å². The Morgan fingerprint density at radius 2 is 1.05 bits per heavy atom. The van der Waals surface area contributed by atoms with Gasteiger partial charge in [0.15, 0.2) is 0 Å². The van der Waals surface area contributed by atoms with Crippen LogP contribution in [0.3, 0.4) is 0 Å². The van der Waals surface area contributed by atoms with Crippen LogP contribution in [0.15, 0.2) is 0 Å². The standard InChI is InChI=1S/C6H8O7.K.3Na.3H2O/c7-3(8)1-6(13,5(11)12)2-4(9)10;;;;;;;/h13H,1-2H2,(H,7,8)(H,9,10)(H,11,12);;;;;3*1H2/q;4*+1;;;/p-4. The predicted octanol–water partition coefficient (Wildman–Crippen LogP) is -19.1. The zero-order valence-corrected chi connectivity index (χ0v) is 20.9. The molecule has 10 nitrogen and oxygen atoms in total. The molecule has 0 fully saturated rings. The summed E-state index contributed by atoms with van der Waals surface area (Å²) < 4.78 is 0. The summed E-state index contributed by atoms with van der Waals surface area (Å²) in [6.07, 6.45) is -2.72. The second kappa shape index (κ2) is 24.1. The van der Waals surface area contributed by atoms with Crippen molar-refractivity contribution >= 4 is 17.9 Å². The monoisotopic (exact) mass is 350 g/mol. The molecule has 0 amide bonds. The van der Waals surface area contributed by atoms with E-state index in [4.69, 9.17) is 5.11 Å². The van der Waals surface area contributed by atoms with E-state index >= 15 is 0 Å². The van der Waals surface area contributed by atoms with Gasteiger partial charge in [-0.25, -0.2) is 0 Å². The number of carboxylic acid groups (broad SMARTS) is 3. The zero-order chi connectivity index (χ0) is 10.6. The number of carbonyl (C=O) groups excluding carboxylic acids is 3. The number of rotatable bonds is 5. The SMILES string of the molecule is O.O.O=C([O-])CC(O)(CC(=O)[O-])C(=O)[O-].[K+].[Na+].[Na+].[Na+].[OH-]. The number of aliphatic hydroxyl groups is 1. The number of carboxylic acids is 3. The van der Waals surface area contributed by atoms with Gasteiger partial charge in [-0.3, -0.25) is 0 Å². The van der Waals surface area contributed by atoms with Crippen molar-refractivity contribution in [1.82, 2.24) is 0 Å². The fourth-order valence-electron chi connectivity index (χ4n) is 0.684. The van der Waals surface area contributed by atoms with E-state index in [1.54, 1.807) is 0 Å². The first-order chi connectivity index (χ1) is 5.78. The van der Waals surface area contributed by atoms with E-state index in [0.717, 1.165) is 0 Å². The third kappa shape index (κ3) is 23.2. The topological polar surface area (TPSA) is 234 Å². The van der Waals surface area contributed by atoms with E-state index in [1.807, 2.05) is 0 Å². The first-order valence-corrected chi connectivity index (χ1v) is 3.11. The molecule has 20 heavy (non-hydrogen) atoms. The molecule has 0 saturated heterocycles. The molecule has 0 unspecified atom stereocenters. The number of hydrogen-bond acceptors (Lipinski definition) is 8. The van der Waals surface area contributed by atoms with Crippen LogP contribution in [0.25, 0.3) is 0 Å². The van der Waals surface area contributed by atoms with Crippen LogP contribution in [0.4, 0.5) is 0 Å². The molecule has 0 aliphatic carbocycles. The van der Waals surface area contributed by atoms with Crippen LogP contribution in [0.2, 0.25) is 0 Å². The summed E-state index contributed by atoms with van der Waals surface area (Å²) in [5.41, 5.74) is -2.97. The quantitative estimate of drug-likeness (QED) is 0.466. The molecule has 14 heteroatoms. The summed E-state index contributed by atoms with van der Waals surface area (Å²) in [6.45, 7) is 0. The number of hydrogen-bond donors (Lipinski definition) is 1. The van der Waals surface area contributed by atoms with Crippen LogP contribution in [0.5, 0.6) is 0 Å². The second-order valence-electron chi connectivity index (χ2n) is 2.42. The normalized spacial score (nSPS) is 7.05. The van der Waals surface area contributed by atoms with Crippen LogP contribution in [0, 0.1) is 0 Å². The second-order valence-corrected chi connectivity index (χ2v) is 2.42. The van der Waals surface area contributed by atoms with E-state index in [1.165, 1.54) is 0 Å². The molecule has 0 rings (SSSR count). The van der Waals surface area contributed by atoms with Gasteiger partial charge in [-0.15, -0.1) is 0 Å². The Bertz CT molecular complexity index is 247. The van der Waals surface area contributed by atoms with Crippen LogP contribution in [-0.2, 0) is 14.4 Å². The predicted molar refractivity (Wildman–Crippen MR) is 38.4 cm³/mol. The van der Waals surface area contributed by atoms with Crippen LogP contribution >= 0.6 is 0 Å². The average molecular weight is 350 g/mol. The summed E-state index contributed by atoms with van der Waals surface area (Å²) in [7, 11) is 0. The molecule has 0 aromatic rings. The Morgan fingerprint density at radius 3 is 1.15 bits per heavy atom. The van der Waals surface area contributed by atoms with Crippen molar-refractivity contribution in [2.75, 3.05) is 0 Å². The molecule has 0 radical (unpaired) electrons. The Labute approximate surface area is 223 Å². The minimum atomic E-state index is -2.97. The number of carbonyl (C=O) groups is 3. The van der Waals surface area contributed by atoms with Crippen molar-refractivity contribution in [1.29, 1.82) is 0 Å². The smallest absolute Gasteiger partial charge is 0.870 e. The Hall–Kier alpha value is 2.89. The van der Waals surface area contributed by atoms with E-state index < -0.39 is 36.4 Å². The maximum Gasteiger partial charge on any atom is 1.00 e. The van der Waals surface area contributed by atoms with E-state index in [9.17, 15) is 29.7 Å². The van der Waals surface area contributed by atoms with Crippen LogP contribution in [0.1, 0.15) is 12.8 Å². The van der Waals surface area contributed by atoms with Gasteiger partial charge in [0, 0.05) is 24.8 Å². The Balaban J connectivity index is -0.0000000343. The number of aliphatic carboxylic acids is 3. The van der Waals surface area contributed by atoms with E-state index in [2.05, 4.69) is 0 Å². The maximum atomic E-state index is 10.1. The van der Waals surface area contributed by atoms with Gasteiger partial charge in [-0.05, 0) is 0 Å². The van der Waals surface area contributed by atoms with Crippen molar-refractivity contribution in [2.45, 2.75) is 18.4 Å². The molecular formula is C6H10KNa3O10. The molecule has 0 aromatic carbocycles. The van der Waals surface area contributed by atoms with Gasteiger partial charge in [0.05, 0.1) is 5.97 Å². The third-order valence-corrected chi connectivity index (χ3v) is 1.25. The summed E-state index contributed by atoms with van der Waals surface area (Å²) in [4.78, 5) is 30.0. The summed E-state index contributed by atoms with van der Waals surface area (Å²) in [6, 6.07) is 0.